The normalized spacial score (nSPS) is 24.4. The van der Waals surface area contributed by atoms with Crippen molar-refractivity contribution in [2.24, 2.45) is 11.8 Å². The lowest BCUT2D eigenvalue weighted by molar-refractivity contribution is -0.157. The van der Waals surface area contributed by atoms with Crippen molar-refractivity contribution in [3.63, 3.8) is 0 Å². The molecule has 12 heteroatoms. The van der Waals surface area contributed by atoms with Gasteiger partial charge in [-0.2, -0.15) is 0 Å². The van der Waals surface area contributed by atoms with Gasteiger partial charge in [0.1, 0.15) is 24.2 Å². The van der Waals surface area contributed by atoms with Crippen molar-refractivity contribution in [1.29, 1.82) is 0 Å². The number of hydrogen-bond acceptors (Lipinski definition) is 10. The number of aromatic nitrogens is 2. The molecule has 0 spiro atoms. The highest BCUT2D eigenvalue weighted by Gasteiger charge is 2.45. The zero-order chi connectivity index (χ0) is 27.4. The van der Waals surface area contributed by atoms with Gasteiger partial charge >= 0.3 is 6.09 Å². The van der Waals surface area contributed by atoms with Gasteiger partial charge in [0.2, 0.25) is 5.88 Å². The van der Waals surface area contributed by atoms with Crippen LogP contribution < -0.4 is 21.1 Å². The molecule has 3 aromatic rings. The summed E-state index contributed by atoms with van der Waals surface area (Å²) >= 11 is 0. The number of amides is 1. The molecule has 11 nitrogen and oxygen atoms in total. The Morgan fingerprint density at radius 1 is 1.12 bits per heavy atom. The van der Waals surface area contributed by atoms with Gasteiger partial charge in [0.25, 0.3) is 0 Å². The second-order valence-electron chi connectivity index (χ2n) is 10.9. The minimum atomic E-state index is -0.578. The molecule has 0 saturated carbocycles. The van der Waals surface area contributed by atoms with Crippen molar-refractivity contribution < 1.29 is 28.1 Å². The molecular weight excluding hydrogens is 519 g/mol. The molecule has 40 heavy (non-hydrogen) atoms. The molecule has 2 bridgehead atoms. The topological polar surface area (TPSA) is 133 Å². The Labute approximate surface area is 230 Å². The predicted molar refractivity (Wildman–Crippen MR) is 146 cm³/mol. The fourth-order valence-corrected chi connectivity index (χ4v) is 6.17. The van der Waals surface area contributed by atoms with E-state index in [4.69, 9.17) is 24.7 Å². The summed E-state index contributed by atoms with van der Waals surface area (Å²) < 4.78 is 38.1. The van der Waals surface area contributed by atoms with E-state index in [1.165, 1.54) is 6.20 Å². The summed E-state index contributed by atoms with van der Waals surface area (Å²) in [5.74, 6) is 0.429. The van der Waals surface area contributed by atoms with Gasteiger partial charge in [-0.3, -0.25) is 10.2 Å². The van der Waals surface area contributed by atoms with E-state index < -0.39 is 11.9 Å². The molecule has 1 unspecified atom stereocenters. The van der Waals surface area contributed by atoms with E-state index in [0.29, 0.717) is 60.2 Å². The van der Waals surface area contributed by atoms with Crippen LogP contribution in [0.15, 0.2) is 24.5 Å². The van der Waals surface area contributed by atoms with Gasteiger partial charge in [-0.1, -0.05) is 0 Å². The number of fused-ring (bicyclic) bond motifs is 4. The fourth-order valence-electron chi connectivity index (χ4n) is 6.17. The Balaban J connectivity index is 1.12. The Hall–Kier alpha value is -3.74. The number of pyridine rings is 2. The van der Waals surface area contributed by atoms with Crippen LogP contribution in [0.25, 0.3) is 21.9 Å². The molecule has 0 aliphatic carbocycles. The molecule has 3 fully saturated rings. The minimum absolute atomic E-state index is 0.0214. The van der Waals surface area contributed by atoms with Gasteiger partial charge in [-0.15, -0.1) is 0 Å². The number of ether oxygens (including phenoxy) is 4. The van der Waals surface area contributed by atoms with Crippen molar-refractivity contribution in [2.45, 2.75) is 19.1 Å². The molecule has 0 radical (unpaired) electrons. The van der Waals surface area contributed by atoms with Crippen LogP contribution in [-0.4, -0.2) is 85.8 Å². The van der Waals surface area contributed by atoms with Crippen LogP contribution in [0, 0.1) is 24.6 Å². The summed E-state index contributed by atoms with van der Waals surface area (Å²) in [5.41, 5.74) is 8.64. The molecule has 210 valence electrons. The quantitative estimate of drug-likeness (QED) is 0.416. The average molecular weight is 551 g/mol. The minimum Gasteiger partial charge on any atom is -0.474 e. The largest absolute Gasteiger partial charge is 0.474 e. The molecule has 4 aliphatic rings. The summed E-state index contributed by atoms with van der Waals surface area (Å²) in [6, 6.07) is 3.80. The Bertz CT molecular complexity index is 1470. The maximum Gasteiger partial charge on any atom is 0.413 e. The van der Waals surface area contributed by atoms with Crippen LogP contribution in [0.4, 0.5) is 26.4 Å². The Morgan fingerprint density at radius 3 is 2.65 bits per heavy atom. The Kier molecular flexibility index (Phi) is 6.32. The second kappa shape index (κ2) is 10.0. The summed E-state index contributed by atoms with van der Waals surface area (Å²) in [5, 5.41) is 7.10. The number of benzene rings is 1. The number of hydrogen-bond donors (Lipinski definition) is 3. The number of rotatable bonds is 4. The first-order valence-corrected chi connectivity index (χ1v) is 13.6. The molecule has 4 N–H and O–H groups in total. The lowest BCUT2D eigenvalue weighted by Gasteiger charge is -2.50. The molecule has 6 heterocycles. The van der Waals surface area contributed by atoms with Crippen LogP contribution in [0.2, 0.25) is 0 Å². The van der Waals surface area contributed by atoms with Gasteiger partial charge in [-0.25, -0.2) is 19.2 Å². The van der Waals surface area contributed by atoms with Crippen LogP contribution in [-0.2, 0) is 14.2 Å². The summed E-state index contributed by atoms with van der Waals surface area (Å²) in [7, 11) is 0. The van der Waals surface area contributed by atoms with E-state index >= 15 is 4.39 Å². The van der Waals surface area contributed by atoms with Crippen LogP contribution >= 0.6 is 0 Å². The van der Waals surface area contributed by atoms with E-state index in [9.17, 15) is 4.79 Å². The first kappa shape index (κ1) is 25.2. The smallest absolute Gasteiger partial charge is 0.413 e. The fraction of sp³-hybridized carbons (Fsp3) is 0.464. The van der Waals surface area contributed by atoms with Crippen LogP contribution in [0.3, 0.4) is 0 Å². The molecule has 7 rings (SSSR count). The van der Waals surface area contributed by atoms with Crippen molar-refractivity contribution in [1.82, 2.24) is 14.9 Å². The highest BCUT2D eigenvalue weighted by atomic mass is 19.1. The van der Waals surface area contributed by atoms with Crippen molar-refractivity contribution in [2.75, 3.05) is 69.0 Å². The molecule has 3 saturated heterocycles. The maximum absolute atomic E-state index is 15.5. The first-order chi connectivity index (χ1) is 19.5. The number of nitrogens with zero attached hydrogens (tertiary/aromatic N) is 3. The van der Waals surface area contributed by atoms with Crippen molar-refractivity contribution in [3.05, 3.63) is 35.9 Å². The van der Waals surface area contributed by atoms with E-state index in [0.717, 1.165) is 37.6 Å². The molecule has 3 atom stereocenters. The lowest BCUT2D eigenvalue weighted by atomic mass is 9.83. The van der Waals surface area contributed by atoms with Gasteiger partial charge in [0.05, 0.1) is 38.2 Å². The molecule has 2 aromatic heterocycles. The third-order valence-electron chi connectivity index (χ3n) is 8.38. The number of carbonyl (C=O) groups is 1. The van der Waals surface area contributed by atoms with E-state index in [-0.39, 0.29) is 29.4 Å². The Morgan fingerprint density at radius 2 is 1.90 bits per heavy atom. The molecule has 1 aromatic carbocycles. The van der Waals surface area contributed by atoms with Gasteiger partial charge in [0, 0.05) is 60.4 Å². The number of piperidine rings is 1. The zero-order valence-electron chi connectivity index (χ0n) is 22.1. The van der Waals surface area contributed by atoms with E-state index in [1.54, 1.807) is 18.3 Å². The molecular formula is C28H31FN6O5. The SMILES string of the molecule is Cc1c(-c2cc3cc(NC(=O)OC4[C@@H]5COC[C@H]4CN(C4COC4)C5)ncc3c(N)c2F)cnc2c1NCCO2. The number of anilines is 3. The van der Waals surface area contributed by atoms with Crippen molar-refractivity contribution in [3.8, 4) is 17.0 Å². The van der Waals surface area contributed by atoms with Crippen LogP contribution in [0.1, 0.15) is 5.56 Å². The third kappa shape index (κ3) is 4.36. The molecule has 1 amide bonds. The number of nitrogens with two attached hydrogens (primary N) is 1. The lowest BCUT2D eigenvalue weighted by Crippen LogP contribution is -2.62. The van der Waals surface area contributed by atoms with Gasteiger partial charge < -0.3 is 30.0 Å². The van der Waals surface area contributed by atoms with Gasteiger partial charge in [-0.05, 0) is 30.0 Å². The summed E-state index contributed by atoms with van der Waals surface area (Å²) in [6.07, 6.45) is 2.24. The van der Waals surface area contributed by atoms with Crippen LogP contribution in [0.5, 0.6) is 5.88 Å². The number of halogens is 1. The maximum atomic E-state index is 15.5. The third-order valence-corrected chi connectivity index (χ3v) is 8.38. The number of nitrogen functional groups attached to an aromatic ring is 1. The first-order valence-electron chi connectivity index (χ1n) is 13.6. The summed E-state index contributed by atoms with van der Waals surface area (Å²) in [6.45, 7) is 7.28. The van der Waals surface area contributed by atoms with E-state index in [2.05, 4.69) is 25.5 Å². The zero-order valence-corrected chi connectivity index (χ0v) is 22.1. The summed E-state index contributed by atoms with van der Waals surface area (Å²) in [4.78, 5) is 24.1. The van der Waals surface area contributed by atoms with Crippen molar-refractivity contribution >= 4 is 34.1 Å². The number of nitrogens with one attached hydrogen (secondary N) is 2. The monoisotopic (exact) mass is 550 g/mol. The second-order valence-corrected chi connectivity index (χ2v) is 10.9. The average Bonchev–Trinajstić information content (AvgIpc) is 2.91. The molecule has 4 aliphatic heterocycles. The van der Waals surface area contributed by atoms with Gasteiger partial charge in [0.15, 0.2) is 5.82 Å². The van der Waals surface area contributed by atoms with E-state index in [1.807, 2.05) is 6.92 Å². The predicted octanol–water partition coefficient (Wildman–Crippen LogP) is 3.02. The number of carbonyl (C=O) groups excluding carboxylic acids is 1. The highest BCUT2D eigenvalue weighted by molar-refractivity contribution is 5.99. The standard InChI is InChI=1S/C28H31FN6O5/c1-14-20(6-33-27-25(14)31-2-3-39-27)19-4-15-5-22(32-7-21(15)24(30)23(19)29)34-28(36)40-26-16-8-35(18-12-38-13-18)9-17(26)11-37-10-16/h4-7,16-18,26,31H,2-3,8-13,30H2,1H3,(H,32,34,36)/t16-,17+,26?. The number of likely N-dealkylation sites (tertiary alicyclic amines) is 1. The highest BCUT2D eigenvalue weighted by Crippen LogP contribution is 2.40.